The van der Waals surface area contributed by atoms with Gasteiger partial charge >= 0.3 is 0 Å². The molecule has 6 N–H and O–H groups in total. The lowest BCUT2D eigenvalue weighted by Crippen LogP contribution is -2.70. The van der Waals surface area contributed by atoms with Gasteiger partial charge in [-0.3, -0.25) is 4.79 Å². The van der Waals surface area contributed by atoms with Crippen LogP contribution in [0.3, 0.4) is 0 Å². The Kier molecular flexibility index (Phi) is 4.68. The van der Waals surface area contributed by atoms with Gasteiger partial charge in [-0.05, 0) is 13.8 Å². The molecular weight excluding hydrogens is 240 g/mol. The lowest BCUT2D eigenvalue weighted by Gasteiger charge is -2.47. The standard InChI is InChI=1S/C11H22N2O5/c1-5(15)13-7-9(17)8(16)6(4-14)18-10(7)11(2,3)12/h6-10,14,16-17H,4,12H2,1-3H3,(H,13,15). The first-order valence-electron chi connectivity index (χ1n) is 5.87. The van der Waals surface area contributed by atoms with Crippen molar-refractivity contribution in [1.82, 2.24) is 5.32 Å². The van der Waals surface area contributed by atoms with Crippen LogP contribution in [0.25, 0.3) is 0 Å². The minimum absolute atomic E-state index is 0.355. The first-order valence-corrected chi connectivity index (χ1v) is 5.87. The number of hydrogen-bond acceptors (Lipinski definition) is 6. The molecule has 1 fully saturated rings. The van der Waals surface area contributed by atoms with E-state index >= 15 is 0 Å². The monoisotopic (exact) mass is 262 g/mol. The van der Waals surface area contributed by atoms with Crippen LogP contribution in [0.2, 0.25) is 0 Å². The SMILES string of the molecule is CC(=O)NC1C(O)C(O)C(CO)OC1C(C)(C)N. The third-order valence-electron chi connectivity index (χ3n) is 3.03. The van der Waals surface area contributed by atoms with Gasteiger partial charge in [-0.25, -0.2) is 0 Å². The molecule has 1 aliphatic rings. The van der Waals surface area contributed by atoms with Crippen molar-refractivity contribution >= 4 is 5.91 Å². The first kappa shape index (κ1) is 15.3. The molecule has 0 radical (unpaired) electrons. The molecule has 0 spiro atoms. The summed E-state index contributed by atoms with van der Waals surface area (Å²) in [6, 6.07) is -0.819. The summed E-state index contributed by atoms with van der Waals surface area (Å²) >= 11 is 0. The van der Waals surface area contributed by atoms with Crippen molar-refractivity contribution in [2.75, 3.05) is 6.61 Å². The van der Waals surface area contributed by atoms with Crippen LogP contribution >= 0.6 is 0 Å². The van der Waals surface area contributed by atoms with E-state index in [-0.39, 0.29) is 5.91 Å². The molecule has 0 aliphatic carbocycles. The average Bonchev–Trinajstić information content (AvgIpc) is 2.23. The van der Waals surface area contributed by atoms with E-state index in [0.29, 0.717) is 0 Å². The highest BCUT2D eigenvalue weighted by atomic mass is 16.5. The van der Waals surface area contributed by atoms with Crippen molar-refractivity contribution in [1.29, 1.82) is 0 Å². The fourth-order valence-electron chi connectivity index (χ4n) is 2.15. The minimum atomic E-state index is -1.27. The van der Waals surface area contributed by atoms with Crippen LogP contribution in [-0.2, 0) is 9.53 Å². The van der Waals surface area contributed by atoms with E-state index in [9.17, 15) is 15.0 Å². The Morgan fingerprint density at radius 1 is 1.39 bits per heavy atom. The molecule has 0 aromatic rings. The van der Waals surface area contributed by atoms with Gasteiger partial charge in [0.25, 0.3) is 0 Å². The smallest absolute Gasteiger partial charge is 0.217 e. The number of nitrogens with two attached hydrogens (primary N) is 1. The van der Waals surface area contributed by atoms with Gasteiger partial charge in [0, 0.05) is 12.5 Å². The summed E-state index contributed by atoms with van der Waals surface area (Å²) in [5.74, 6) is -0.355. The van der Waals surface area contributed by atoms with Gasteiger partial charge in [-0.2, -0.15) is 0 Å². The molecule has 18 heavy (non-hydrogen) atoms. The van der Waals surface area contributed by atoms with Crippen LogP contribution in [0.15, 0.2) is 0 Å². The van der Waals surface area contributed by atoms with Crippen molar-refractivity contribution in [3.05, 3.63) is 0 Å². The van der Waals surface area contributed by atoms with E-state index in [0.717, 1.165) is 0 Å². The number of aliphatic hydroxyl groups is 3. The largest absolute Gasteiger partial charge is 0.394 e. The lowest BCUT2D eigenvalue weighted by molar-refractivity contribution is -0.207. The molecule has 0 saturated carbocycles. The fraction of sp³-hybridized carbons (Fsp3) is 0.909. The maximum atomic E-state index is 11.1. The molecule has 0 bridgehead atoms. The predicted octanol–water partition coefficient (Wildman–Crippen LogP) is -2.29. The maximum absolute atomic E-state index is 11.1. The summed E-state index contributed by atoms with van der Waals surface area (Å²) in [5.41, 5.74) is 5.10. The molecule has 0 aromatic carbocycles. The topological polar surface area (TPSA) is 125 Å². The van der Waals surface area contributed by atoms with Gasteiger partial charge in [-0.15, -0.1) is 0 Å². The van der Waals surface area contributed by atoms with Gasteiger partial charge in [0.15, 0.2) is 0 Å². The Bertz CT molecular complexity index is 304. The number of nitrogens with one attached hydrogen (secondary N) is 1. The minimum Gasteiger partial charge on any atom is -0.394 e. The highest BCUT2D eigenvalue weighted by Crippen LogP contribution is 2.26. The second-order valence-electron chi connectivity index (χ2n) is 5.31. The number of ether oxygens (including phenoxy) is 1. The molecule has 7 nitrogen and oxygen atoms in total. The van der Waals surface area contributed by atoms with E-state index in [4.69, 9.17) is 15.6 Å². The average molecular weight is 262 g/mol. The number of hydrogen-bond donors (Lipinski definition) is 5. The van der Waals surface area contributed by atoms with Gasteiger partial charge in [0.2, 0.25) is 5.91 Å². The summed E-state index contributed by atoms with van der Waals surface area (Å²) in [6.07, 6.45) is -4.15. The van der Waals surface area contributed by atoms with Crippen molar-refractivity contribution in [3.8, 4) is 0 Å². The van der Waals surface area contributed by atoms with Crippen molar-refractivity contribution in [3.63, 3.8) is 0 Å². The number of carbonyl (C=O) groups is 1. The van der Waals surface area contributed by atoms with Gasteiger partial charge in [0.1, 0.15) is 18.3 Å². The van der Waals surface area contributed by atoms with Crippen molar-refractivity contribution < 1.29 is 24.9 Å². The summed E-state index contributed by atoms with van der Waals surface area (Å²) in [7, 11) is 0. The molecule has 1 amide bonds. The predicted molar refractivity (Wildman–Crippen MR) is 63.6 cm³/mol. The Morgan fingerprint density at radius 3 is 2.33 bits per heavy atom. The van der Waals surface area contributed by atoms with Crippen LogP contribution < -0.4 is 11.1 Å². The zero-order valence-electron chi connectivity index (χ0n) is 10.8. The zero-order chi connectivity index (χ0) is 14.1. The summed E-state index contributed by atoms with van der Waals surface area (Å²) in [6.45, 7) is 4.24. The molecule has 106 valence electrons. The Balaban J connectivity index is 2.98. The zero-order valence-corrected chi connectivity index (χ0v) is 10.8. The molecule has 0 aromatic heterocycles. The van der Waals surface area contributed by atoms with E-state index in [1.807, 2.05) is 0 Å². The molecule has 7 heteroatoms. The summed E-state index contributed by atoms with van der Waals surface area (Å²) < 4.78 is 5.50. The van der Waals surface area contributed by atoms with E-state index in [1.54, 1.807) is 13.8 Å². The summed E-state index contributed by atoms with van der Waals surface area (Å²) in [5, 5.41) is 31.4. The quantitative estimate of drug-likeness (QED) is 0.390. The molecular formula is C11H22N2O5. The Labute approximate surface area is 106 Å². The lowest BCUT2D eigenvalue weighted by atomic mass is 9.83. The highest BCUT2D eigenvalue weighted by molar-refractivity contribution is 5.73. The van der Waals surface area contributed by atoms with Crippen molar-refractivity contribution in [2.45, 2.75) is 56.8 Å². The molecule has 5 atom stereocenters. The second-order valence-corrected chi connectivity index (χ2v) is 5.31. The number of rotatable bonds is 3. The van der Waals surface area contributed by atoms with E-state index in [2.05, 4.69) is 5.32 Å². The fourth-order valence-corrected chi connectivity index (χ4v) is 2.15. The maximum Gasteiger partial charge on any atom is 0.217 e. The first-order chi connectivity index (χ1) is 8.18. The Hall–Kier alpha value is -0.730. The van der Waals surface area contributed by atoms with Crippen LogP contribution in [0.5, 0.6) is 0 Å². The summed E-state index contributed by atoms with van der Waals surface area (Å²) in [4.78, 5) is 11.1. The normalized spacial score (nSPS) is 37.4. The molecule has 1 rings (SSSR count). The van der Waals surface area contributed by atoms with E-state index < -0.39 is 42.6 Å². The second kappa shape index (κ2) is 5.50. The molecule has 1 saturated heterocycles. The van der Waals surface area contributed by atoms with Crippen molar-refractivity contribution in [2.24, 2.45) is 5.73 Å². The third kappa shape index (κ3) is 3.18. The number of carbonyl (C=O) groups excluding carboxylic acids is 1. The molecule has 1 heterocycles. The van der Waals surface area contributed by atoms with Crippen LogP contribution in [0, 0.1) is 0 Å². The van der Waals surface area contributed by atoms with Gasteiger partial charge in [0.05, 0.1) is 18.8 Å². The van der Waals surface area contributed by atoms with Gasteiger partial charge in [-0.1, -0.05) is 0 Å². The van der Waals surface area contributed by atoms with Gasteiger partial charge < -0.3 is 31.1 Å². The number of amides is 1. The number of aliphatic hydroxyl groups excluding tert-OH is 3. The highest BCUT2D eigenvalue weighted by Gasteiger charge is 2.48. The Morgan fingerprint density at radius 2 is 1.94 bits per heavy atom. The van der Waals surface area contributed by atoms with E-state index in [1.165, 1.54) is 6.92 Å². The molecule has 1 aliphatic heterocycles. The van der Waals surface area contributed by atoms with Crippen LogP contribution in [0.4, 0.5) is 0 Å². The third-order valence-corrected chi connectivity index (χ3v) is 3.03. The van der Waals surface area contributed by atoms with Crippen LogP contribution in [-0.4, -0.2) is 63.8 Å². The van der Waals surface area contributed by atoms with Crippen LogP contribution in [0.1, 0.15) is 20.8 Å². The molecule has 5 unspecified atom stereocenters.